The molecule has 0 spiro atoms. The van der Waals surface area contributed by atoms with E-state index >= 15 is 0 Å². The Morgan fingerprint density at radius 1 is 1.08 bits per heavy atom. The third-order valence-electron chi connectivity index (χ3n) is 4.12. The molecular formula is C18H21N3O2S. The monoisotopic (exact) mass is 343 g/mol. The van der Waals surface area contributed by atoms with Crippen molar-refractivity contribution in [3.8, 4) is 0 Å². The van der Waals surface area contributed by atoms with Crippen molar-refractivity contribution in [2.75, 3.05) is 5.75 Å². The van der Waals surface area contributed by atoms with Gasteiger partial charge in [0.05, 0.1) is 16.3 Å². The highest BCUT2D eigenvalue weighted by Gasteiger charge is 2.17. The molecule has 24 heavy (non-hydrogen) atoms. The van der Waals surface area contributed by atoms with Gasteiger partial charge < -0.3 is 5.32 Å². The van der Waals surface area contributed by atoms with Gasteiger partial charge in [-0.25, -0.2) is 9.78 Å². The largest absolute Gasteiger partial charge is 0.335 e. The Bertz CT molecular complexity index is 729. The summed E-state index contributed by atoms with van der Waals surface area (Å²) in [5.41, 5.74) is 0.901. The standard InChI is InChI=1S/C18H21N3O2S/c22-16(21-18(23)19-14-7-2-1-3-8-14)12-24-17-11-10-13-6-4-5-9-15(13)20-17/h4-6,9-11,14H,1-3,7-8,12H2,(H2,19,21,22,23). The summed E-state index contributed by atoms with van der Waals surface area (Å²) >= 11 is 1.33. The minimum Gasteiger partial charge on any atom is -0.335 e. The van der Waals surface area contributed by atoms with Crippen molar-refractivity contribution in [3.63, 3.8) is 0 Å². The lowest BCUT2D eigenvalue weighted by Crippen LogP contribution is -2.45. The highest BCUT2D eigenvalue weighted by atomic mass is 32.2. The molecular weight excluding hydrogens is 322 g/mol. The Labute approximate surface area is 145 Å². The lowest BCUT2D eigenvalue weighted by atomic mass is 9.96. The SMILES string of the molecule is O=C(CSc1ccc2ccccc2n1)NC(=O)NC1CCCCC1. The number of pyridine rings is 1. The number of hydrogen-bond donors (Lipinski definition) is 2. The minimum atomic E-state index is -0.390. The molecule has 0 radical (unpaired) electrons. The number of imide groups is 1. The number of para-hydroxylation sites is 1. The number of aromatic nitrogens is 1. The Morgan fingerprint density at radius 2 is 1.88 bits per heavy atom. The van der Waals surface area contributed by atoms with E-state index in [1.807, 2.05) is 36.4 Å². The molecule has 2 aromatic rings. The van der Waals surface area contributed by atoms with Crippen molar-refractivity contribution in [2.45, 2.75) is 43.2 Å². The van der Waals surface area contributed by atoms with Crippen LogP contribution in [0.3, 0.4) is 0 Å². The Hall–Kier alpha value is -2.08. The molecule has 0 atom stereocenters. The van der Waals surface area contributed by atoms with Crippen LogP contribution >= 0.6 is 11.8 Å². The molecule has 1 aromatic carbocycles. The number of urea groups is 1. The number of amides is 3. The van der Waals surface area contributed by atoms with E-state index in [1.54, 1.807) is 0 Å². The minimum absolute atomic E-state index is 0.170. The summed E-state index contributed by atoms with van der Waals surface area (Å²) < 4.78 is 0. The fourth-order valence-corrected chi connectivity index (χ4v) is 3.58. The topological polar surface area (TPSA) is 71.1 Å². The molecule has 3 rings (SSSR count). The Kier molecular flexibility index (Phi) is 5.69. The van der Waals surface area contributed by atoms with E-state index in [2.05, 4.69) is 15.6 Å². The number of carbonyl (C=O) groups excluding carboxylic acids is 2. The predicted molar refractivity (Wildman–Crippen MR) is 96.0 cm³/mol. The van der Waals surface area contributed by atoms with Crippen LogP contribution < -0.4 is 10.6 Å². The summed E-state index contributed by atoms with van der Waals surface area (Å²) in [7, 11) is 0. The smallest absolute Gasteiger partial charge is 0.321 e. The molecule has 0 aliphatic heterocycles. The van der Waals surface area contributed by atoms with E-state index in [4.69, 9.17) is 0 Å². The fraction of sp³-hybridized carbons (Fsp3) is 0.389. The molecule has 126 valence electrons. The van der Waals surface area contributed by atoms with Gasteiger partial charge in [-0.2, -0.15) is 0 Å². The molecule has 1 aromatic heterocycles. The van der Waals surface area contributed by atoms with Gasteiger partial charge in [0, 0.05) is 11.4 Å². The van der Waals surface area contributed by atoms with Crippen LogP contribution in [-0.2, 0) is 4.79 Å². The summed E-state index contributed by atoms with van der Waals surface area (Å²) in [6.07, 6.45) is 5.51. The molecule has 0 bridgehead atoms. The van der Waals surface area contributed by atoms with Crippen LogP contribution in [0.4, 0.5) is 4.79 Å². The van der Waals surface area contributed by atoms with E-state index in [0.717, 1.165) is 41.6 Å². The van der Waals surface area contributed by atoms with Crippen LogP contribution in [0.25, 0.3) is 10.9 Å². The summed E-state index contributed by atoms with van der Waals surface area (Å²) in [5, 5.41) is 7.12. The summed E-state index contributed by atoms with van der Waals surface area (Å²) in [6, 6.07) is 11.5. The average molecular weight is 343 g/mol. The number of rotatable bonds is 4. The van der Waals surface area contributed by atoms with E-state index in [-0.39, 0.29) is 23.7 Å². The van der Waals surface area contributed by atoms with E-state index < -0.39 is 0 Å². The van der Waals surface area contributed by atoms with Crippen molar-refractivity contribution in [2.24, 2.45) is 0 Å². The van der Waals surface area contributed by atoms with Gasteiger partial charge in [0.15, 0.2) is 0 Å². The molecule has 1 fully saturated rings. The molecule has 0 saturated heterocycles. The summed E-state index contributed by atoms with van der Waals surface area (Å²) in [4.78, 5) is 28.3. The zero-order valence-electron chi connectivity index (χ0n) is 13.5. The maximum atomic E-state index is 11.9. The second-order valence-corrected chi connectivity index (χ2v) is 6.98. The van der Waals surface area contributed by atoms with Crippen LogP contribution in [0.2, 0.25) is 0 Å². The first kappa shape index (κ1) is 16.8. The number of thioether (sulfide) groups is 1. The first-order chi connectivity index (χ1) is 11.7. The second-order valence-electron chi connectivity index (χ2n) is 5.99. The number of nitrogens with zero attached hydrogens (tertiary/aromatic N) is 1. The Balaban J connectivity index is 1.46. The summed E-state index contributed by atoms with van der Waals surface area (Å²) in [5.74, 6) is -0.132. The van der Waals surface area contributed by atoms with Crippen LogP contribution in [0.15, 0.2) is 41.4 Å². The van der Waals surface area contributed by atoms with Gasteiger partial charge in [-0.3, -0.25) is 10.1 Å². The van der Waals surface area contributed by atoms with Gasteiger partial charge in [-0.05, 0) is 25.0 Å². The first-order valence-corrected chi connectivity index (χ1v) is 9.28. The van der Waals surface area contributed by atoms with Gasteiger partial charge in [0.2, 0.25) is 5.91 Å². The van der Waals surface area contributed by atoms with Gasteiger partial charge in [0.1, 0.15) is 0 Å². The van der Waals surface area contributed by atoms with Gasteiger partial charge >= 0.3 is 6.03 Å². The van der Waals surface area contributed by atoms with E-state index in [0.29, 0.717) is 0 Å². The fourth-order valence-electron chi connectivity index (χ4n) is 2.90. The van der Waals surface area contributed by atoms with Crippen molar-refractivity contribution in [3.05, 3.63) is 36.4 Å². The lowest BCUT2D eigenvalue weighted by Gasteiger charge is -2.22. The average Bonchev–Trinajstić information content (AvgIpc) is 2.60. The third kappa shape index (κ3) is 4.71. The number of hydrogen-bond acceptors (Lipinski definition) is 4. The van der Waals surface area contributed by atoms with Crippen molar-refractivity contribution < 1.29 is 9.59 Å². The molecule has 1 saturated carbocycles. The lowest BCUT2D eigenvalue weighted by molar-refractivity contribution is -0.117. The maximum absolute atomic E-state index is 11.9. The maximum Gasteiger partial charge on any atom is 0.321 e. The van der Waals surface area contributed by atoms with Crippen molar-refractivity contribution >= 4 is 34.6 Å². The number of fused-ring (bicyclic) bond motifs is 1. The molecule has 0 unspecified atom stereocenters. The molecule has 1 aliphatic rings. The number of carbonyl (C=O) groups is 2. The molecule has 1 heterocycles. The van der Waals surface area contributed by atoms with Crippen molar-refractivity contribution in [1.29, 1.82) is 0 Å². The van der Waals surface area contributed by atoms with Gasteiger partial charge in [-0.15, -0.1) is 0 Å². The second kappa shape index (κ2) is 8.15. The zero-order chi connectivity index (χ0) is 16.8. The molecule has 6 heteroatoms. The Morgan fingerprint density at radius 3 is 2.71 bits per heavy atom. The van der Waals surface area contributed by atoms with Crippen molar-refractivity contribution in [1.82, 2.24) is 15.6 Å². The summed E-state index contributed by atoms with van der Waals surface area (Å²) in [6.45, 7) is 0. The molecule has 5 nitrogen and oxygen atoms in total. The third-order valence-corrected chi connectivity index (χ3v) is 5.05. The van der Waals surface area contributed by atoms with Crippen LogP contribution in [0, 0.1) is 0 Å². The molecule has 2 N–H and O–H groups in total. The van der Waals surface area contributed by atoms with Crippen LogP contribution in [-0.4, -0.2) is 28.7 Å². The highest BCUT2D eigenvalue weighted by molar-refractivity contribution is 7.99. The zero-order valence-corrected chi connectivity index (χ0v) is 14.3. The first-order valence-electron chi connectivity index (χ1n) is 8.30. The van der Waals surface area contributed by atoms with Crippen LogP contribution in [0.5, 0.6) is 0 Å². The number of benzene rings is 1. The normalized spacial score (nSPS) is 15.2. The van der Waals surface area contributed by atoms with Gasteiger partial charge in [-0.1, -0.05) is 55.3 Å². The van der Waals surface area contributed by atoms with E-state index in [1.165, 1.54) is 18.2 Å². The quantitative estimate of drug-likeness (QED) is 0.834. The van der Waals surface area contributed by atoms with Gasteiger partial charge in [0.25, 0.3) is 0 Å². The number of nitrogens with one attached hydrogen (secondary N) is 2. The van der Waals surface area contributed by atoms with Crippen LogP contribution in [0.1, 0.15) is 32.1 Å². The molecule has 3 amide bonds. The molecule has 1 aliphatic carbocycles. The predicted octanol–water partition coefficient (Wildman–Crippen LogP) is 3.49. The highest BCUT2D eigenvalue weighted by Crippen LogP contribution is 2.20. The van der Waals surface area contributed by atoms with E-state index in [9.17, 15) is 9.59 Å².